The van der Waals surface area contributed by atoms with Crippen molar-refractivity contribution in [1.82, 2.24) is 10.2 Å². The van der Waals surface area contributed by atoms with Crippen molar-refractivity contribution >= 4 is 23.6 Å². The van der Waals surface area contributed by atoms with E-state index in [2.05, 4.69) is 12.2 Å². The molecule has 0 aliphatic heterocycles. The highest BCUT2D eigenvalue weighted by molar-refractivity contribution is 7.99. The molecule has 0 heterocycles. The van der Waals surface area contributed by atoms with E-state index in [0.29, 0.717) is 5.75 Å². The fourth-order valence-electron chi connectivity index (χ4n) is 2.13. The maximum absolute atomic E-state index is 12.0. The number of hydrogen-bond acceptors (Lipinski definition) is 6. The number of nitrogens with one attached hydrogen (secondary N) is 1. The fraction of sp³-hybridized carbons (Fsp3) is 0.875. The average Bonchev–Trinajstić information content (AvgIpc) is 2.59. The Hall–Kier alpha value is -0.830. The highest BCUT2D eigenvalue weighted by atomic mass is 32.2. The zero-order chi connectivity index (χ0) is 18.2. The second-order valence-corrected chi connectivity index (χ2v) is 6.67. The van der Waals surface area contributed by atoms with Gasteiger partial charge in [0.15, 0.2) is 0 Å². The Morgan fingerprint density at radius 3 is 2.38 bits per heavy atom. The third-order valence-corrected chi connectivity index (χ3v) is 4.57. The van der Waals surface area contributed by atoms with E-state index in [9.17, 15) is 14.7 Å². The number of amides is 2. The number of unbranched alkanes of at least 4 members (excludes halogenated alkanes) is 5. The number of carbonyl (C=O) groups excluding carboxylic acids is 2. The van der Waals surface area contributed by atoms with Crippen LogP contribution in [0.25, 0.3) is 0 Å². The standard InChI is InChI=1S/C16H32N2O5S/c1-2-3-4-5-6-7-12-24-13-14(21)18(9-11-20)16(23)15(22)17-8-10-19/h14,19-21H,2-13H2,1H3,(H,17,22). The van der Waals surface area contributed by atoms with E-state index in [-0.39, 0.29) is 26.3 Å². The second kappa shape index (κ2) is 15.7. The van der Waals surface area contributed by atoms with Crippen molar-refractivity contribution in [2.24, 2.45) is 0 Å². The van der Waals surface area contributed by atoms with Gasteiger partial charge in [0.2, 0.25) is 0 Å². The van der Waals surface area contributed by atoms with Crippen LogP contribution in [0.5, 0.6) is 0 Å². The molecular formula is C16H32N2O5S. The van der Waals surface area contributed by atoms with E-state index in [1.54, 1.807) is 0 Å². The minimum absolute atomic E-state index is 0.0274. The van der Waals surface area contributed by atoms with Crippen LogP contribution >= 0.6 is 11.8 Å². The number of carbonyl (C=O) groups is 2. The van der Waals surface area contributed by atoms with Crippen LogP contribution in [-0.4, -0.2) is 76.1 Å². The molecule has 0 rings (SSSR count). The van der Waals surface area contributed by atoms with E-state index < -0.39 is 18.0 Å². The summed E-state index contributed by atoms with van der Waals surface area (Å²) in [4.78, 5) is 24.5. The third-order valence-electron chi connectivity index (χ3n) is 3.46. The number of aliphatic hydroxyl groups is 3. The molecule has 0 spiro atoms. The van der Waals surface area contributed by atoms with Crippen molar-refractivity contribution in [2.75, 3.05) is 37.8 Å². The van der Waals surface area contributed by atoms with Gasteiger partial charge in [-0.05, 0) is 12.2 Å². The molecule has 0 saturated heterocycles. The number of nitrogens with zero attached hydrogens (tertiary/aromatic N) is 1. The topological polar surface area (TPSA) is 110 Å². The quantitative estimate of drug-likeness (QED) is 0.201. The number of rotatable bonds is 14. The van der Waals surface area contributed by atoms with Gasteiger partial charge in [0.1, 0.15) is 6.23 Å². The molecule has 7 nitrogen and oxygen atoms in total. The van der Waals surface area contributed by atoms with E-state index in [4.69, 9.17) is 10.2 Å². The first-order valence-electron chi connectivity index (χ1n) is 8.64. The molecule has 1 atom stereocenters. The molecule has 0 fully saturated rings. The molecule has 24 heavy (non-hydrogen) atoms. The summed E-state index contributed by atoms with van der Waals surface area (Å²) in [6.07, 6.45) is 6.07. The SMILES string of the molecule is CCCCCCCCSCC(O)N(CCO)C(=O)C(=O)NCCO. The number of thioether (sulfide) groups is 1. The van der Waals surface area contributed by atoms with Gasteiger partial charge >= 0.3 is 11.8 Å². The maximum atomic E-state index is 12.0. The summed E-state index contributed by atoms with van der Waals surface area (Å²) in [6, 6.07) is 0. The zero-order valence-electron chi connectivity index (χ0n) is 14.6. The smallest absolute Gasteiger partial charge is 0.314 e. The molecule has 0 aliphatic rings. The van der Waals surface area contributed by atoms with E-state index in [1.165, 1.54) is 37.4 Å². The number of aliphatic hydroxyl groups excluding tert-OH is 3. The molecule has 142 valence electrons. The van der Waals surface area contributed by atoms with Crippen LogP contribution < -0.4 is 5.32 Å². The van der Waals surface area contributed by atoms with Crippen LogP contribution in [0.3, 0.4) is 0 Å². The lowest BCUT2D eigenvalue weighted by Gasteiger charge is -2.26. The highest BCUT2D eigenvalue weighted by Crippen LogP contribution is 2.12. The van der Waals surface area contributed by atoms with Crippen molar-refractivity contribution in [1.29, 1.82) is 0 Å². The van der Waals surface area contributed by atoms with Gasteiger partial charge in [0.25, 0.3) is 0 Å². The maximum Gasteiger partial charge on any atom is 0.314 e. The highest BCUT2D eigenvalue weighted by Gasteiger charge is 2.26. The van der Waals surface area contributed by atoms with Crippen molar-refractivity contribution in [3.63, 3.8) is 0 Å². The Labute approximate surface area is 148 Å². The molecule has 0 bridgehead atoms. The second-order valence-electron chi connectivity index (χ2n) is 5.52. The first-order valence-corrected chi connectivity index (χ1v) is 9.80. The lowest BCUT2D eigenvalue weighted by atomic mass is 10.1. The first kappa shape index (κ1) is 23.2. The predicted octanol–water partition coefficient (Wildman–Crippen LogP) is 0.328. The van der Waals surface area contributed by atoms with Crippen molar-refractivity contribution in [3.05, 3.63) is 0 Å². The summed E-state index contributed by atoms with van der Waals surface area (Å²) in [5.41, 5.74) is 0. The summed E-state index contributed by atoms with van der Waals surface area (Å²) in [7, 11) is 0. The molecule has 4 N–H and O–H groups in total. The van der Waals surface area contributed by atoms with E-state index in [1.807, 2.05) is 0 Å². The van der Waals surface area contributed by atoms with Crippen LogP contribution in [-0.2, 0) is 9.59 Å². The number of hydrogen-bond donors (Lipinski definition) is 4. The van der Waals surface area contributed by atoms with Crippen LogP contribution in [0.1, 0.15) is 45.4 Å². The van der Waals surface area contributed by atoms with Gasteiger partial charge in [-0.3, -0.25) is 9.59 Å². The Morgan fingerprint density at radius 1 is 1.08 bits per heavy atom. The van der Waals surface area contributed by atoms with Crippen molar-refractivity contribution in [3.8, 4) is 0 Å². The molecule has 8 heteroatoms. The zero-order valence-corrected chi connectivity index (χ0v) is 15.4. The summed E-state index contributed by atoms with van der Waals surface area (Å²) in [5.74, 6) is -0.600. The van der Waals surface area contributed by atoms with Gasteiger partial charge in [-0.25, -0.2) is 0 Å². The van der Waals surface area contributed by atoms with Crippen LogP contribution in [0.4, 0.5) is 0 Å². The minimum atomic E-state index is -1.12. The van der Waals surface area contributed by atoms with Gasteiger partial charge in [-0.1, -0.05) is 39.0 Å². The van der Waals surface area contributed by atoms with Crippen LogP contribution in [0.2, 0.25) is 0 Å². The van der Waals surface area contributed by atoms with Crippen molar-refractivity contribution < 1.29 is 24.9 Å². The minimum Gasteiger partial charge on any atom is -0.395 e. The lowest BCUT2D eigenvalue weighted by molar-refractivity contribution is -0.152. The van der Waals surface area contributed by atoms with Gasteiger partial charge in [-0.15, -0.1) is 0 Å². The van der Waals surface area contributed by atoms with Gasteiger partial charge in [0.05, 0.1) is 13.2 Å². The van der Waals surface area contributed by atoms with Crippen LogP contribution in [0.15, 0.2) is 0 Å². The molecule has 0 aliphatic carbocycles. The Kier molecular flexibility index (Phi) is 15.1. The molecule has 2 amide bonds. The third kappa shape index (κ3) is 10.9. The normalized spacial score (nSPS) is 12.0. The summed E-state index contributed by atoms with van der Waals surface area (Å²) >= 11 is 1.53. The monoisotopic (exact) mass is 364 g/mol. The molecule has 0 aromatic carbocycles. The molecular weight excluding hydrogens is 332 g/mol. The molecule has 0 aromatic heterocycles. The molecule has 0 saturated carbocycles. The Morgan fingerprint density at radius 2 is 1.75 bits per heavy atom. The summed E-state index contributed by atoms with van der Waals surface area (Å²) in [6.45, 7) is 1.44. The van der Waals surface area contributed by atoms with Gasteiger partial charge in [-0.2, -0.15) is 11.8 Å². The first-order chi connectivity index (χ1) is 11.6. The fourth-order valence-corrected chi connectivity index (χ4v) is 3.10. The van der Waals surface area contributed by atoms with Gasteiger partial charge in [0, 0.05) is 18.8 Å². The van der Waals surface area contributed by atoms with E-state index in [0.717, 1.165) is 23.5 Å². The Balaban J connectivity index is 4.08. The van der Waals surface area contributed by atoms with E-state index >= 15 is 0 Å². The van der Waals surface area contributed by atoms with Crippen molar-refractivity contribution in [2.45, 2.75) is 51.7 Å². The largest absolute Gasteiger partial charge is 0.395 e. The Bertz CT molecular complexity index is 344. The molecule has 0 radical (unpaired) electrons. The molecule has 0 aromatic rings. The average molecular weight is 365 g/mol. The molecule has 1 unspecified atom stereocenters. The predicted molar refractivity (Wildman–Crippen MR) is 95.6 cm³/mol. The van der Waals surface area contributed by atoms with Gasteiger partial charge < -0.3 is 25.5 Å². The summed E-state index contributed by atoms with van der Waals surface area (Å²) < 4.78 is 0. The lowest BCUT2D eigenvalue weighted by Crippen LogP contribution is -2.50. The summed E-state index contributed by atoms with van der Waals surface area (Å²) in [5, 5.41) is 30.0. The van der Waals surface area contributed by atoms with Crippen LogP contribution in [0, 0.1) is 0 Å².